The van der Waals surface area contributed by atoms with Crippen molar-refractivity contribution in [1.82, 2.24) is 10.2 Å². The van der Waals surface area contributed by atoms with E-state index in [1.54, 1.807) is 23.1 Å². The normalized spacial score (nSPS) is 14.6. The number of hydrogen-bond acceptors (Lipinski definition) is 3. The highest BCUT2D eigenvalue weighted by Crippen LogP contribution is 2.26. The fourth-order valence-corrected chi connectivity index (χ4v) is 3.13. The molecule has 0 bridgehead atoms. The Labute approximate surface area is 162 Å². The van der Waals surface area contributed by atoms with Crippen LogP contribution >= 0.6 is 11.6 Å². The molecule has 1 fully saturated rings. The van der Waals surface area contributed by atoms with Crippen molar-refractivity contribution in [2.24, 2.45) is 0 Å². The van der Waals surface area contributed by atoms with Gasteiger partial charge in [-0.05, 0) is 29.8 Å². The number of carboxylic acids is 1. The number of carbonyl (C=O) groups is 2. The van der Waals surface area contributed by atoms with Crippen LogP contribution in [-0.2, 0) is 6.54 Å². The van der Waals surface area contributed by atoms with Crippen molar-refractivity contribution in [1.29, 1.82) is 0 Å². The SMILES string of the molecule is O=C(O)c1ccc(CNC(=O)N2CCC(Oc3ccccc3Cl)CC2)cc1. The molecule has 6 nitrogen and oxygen atoms in total. The molecular weight excluding hydrogens is 368 g/mol. The van der Waals surface area contributed by atoms with Gasteiger partial charge in [-0.25, -0.2) is 9.59 Å². The minimum Gasteiger partial charge on any atom is -0.489 e. The van der Waals surface area contributed by atoms with Crippen LogP contribution in [-0.4, -0.2) is 41.2 Å². The summed E-state index contributed by atoms with van der Waals surface area (Å²) in [5.41, 5.74) is 1.08. The first-order valence-electron chi connectivity index (χ1n) is 8.79. The number of carboxylic acid groups (broad SMARTS) is 1. The predicted molar refractivity (Wildman–Crippen MR) is 102 cm³/mol. The number of ether oxygens (including phenoxy) is 1. The number of nitrogens with one attached hydrogen (secondary N) is 1. The summed E-state index contributed by atoms with van der Waals surface area (Å²) in [6.07, 6.45) is 1.52. The maximum absolute atomic E-state index is 12.3. The number of para-hydroxylation sites is 1. The first-order chi connectivity index (χ1) is 13.0. The smallest absolute Gasteiger partial charge is 0.335 e. The van der Waals surface area contributed by atoms with Crippen LogP contribution in [0.5, 0.6) is 5.75 Å². The topological polar surface area (TPSA) is 78.9 Å². The number of aromatic carboxylic acids is 1. The minimum absolute atomic E-state index is 0.0394. The molecule has 0 spiro atoms. The molecule has 2 aromatic carbocycles. The van der Waals surface area contributed by atoms with Crippen LogP contribution in [0.2, 0.25) is 5.02 Å². The van der Waals surface area contributed by atoms with Gasteiger partial charge in [0.2, 0.25) is 0 Å². The third kappa shape index (κ3) is 5.14. The molecule has 1 aliphatic rings. The Kier molecular flexibility index (Phi) is 6.19. The zero-order valence-electron chi connectivity index (χ0n) is 14.7. The zero-order chi connectivity index (χ0) is 19.2. The molecule has 0 radical (unpaired) electrons. The van der Waals surface area contributed by atoms with E-state index in [4.69, 9.17) is 21.4 Å². The molecule has 0 saturated carbocycles. The van der Waals surface area contributed by atoms with Crippen LogP contribution in [0.4, 0.5) is 4.79 Å². The van der Waals surface area contributed by atoms with Crippen molar-refractivity contribution >= 4 is 23.6 Å². The molecule has 3 rings (SSSR count). The van der Waals surface area contributed by atoms with Gasteiger partial charge in [0, 0.05) is 32.5 Å². The number of benzene rings is 2. The van der Waals surface area contributed by atoms with E-state index in [-0.39, 0.29) is 17.7 Å². The molecular formula is C20H21ClN2O4. The lowest BCUT2D eigenvalue weighted by Gasteiger charge is -2.32. The van der Waals surface area contributed by atoms with E-state index in [2.05, 4.69) is 5.32 Å². The number of halogens is 1. The van der Waals surface area contributed by atoms with Crippen molar-refractivity contribution in [3.63, 3.8) is 0 Å². The number of piperidine rings is 1. The number of urea groups is 1. The zero-order valence-corrected chi connectivity index (χ0v) is 15.5. The van der Waals surface area contributed by atoms with Gasteiger partial charge in [-0.15, -0.1) is 0 Å². The van der Waals surface area contributed by atoms with E-state index in [1.165, 1.54) is 12.1 Å². The van der Waals surface area contributed by atoms with E-state index in [9.17, 15) is 9.59 Å². The second-order valence-corrected chi connectivity index (χ2v) is 6.80. The first kappa shape index (κ1) is 19.0. The molecule has 2 N–H and O–H groups in total. The predicted octanol–water partition coefficient (Wildman–Crippen LogP) is 3.79. The van der Waals surface area contributed by atoms with Crippen molar-refractivity contribution < 1.29 is 19.4 Å². The van der Waals surface area contributed by atoms with E-state index < -0.39 is 5.97 Å². The number of hydrogen-bond donors (Lipinski definition) is 2. The van der Waals surface area contributed by atoms with Crippen LogP contribution in [0.25, 0.3) is 0 Å². The van der Waals surface area contributed by atoms with E-state index in [1.807, 2.05) is 18.2 Å². The van der Waals surface area contributed by atoms with E-state index >= 15 is 0 Å². The van der Waals surface area contributed by atoms with Gasteiger partial charge < -0.3 is 20.1 Å². The third-order valence-corrected chi connectivity index (χ3v) is 4.82. The Morgan fingerprint density at radius 3 is 2.41 bits per heavy atom. The fourth-order valence-electron chi connectivity index (χ4n) is 2.95. The number of carbonyl (C=O) groups excluding carboxylic acids is 1. The first-order valence-corrected chi connectivity index (χ1v) is 9.17. The van der Waals surface area contributed by atoms with Crippen LogP contribution in [0.1, 0.15) is 28.8 Å². The van der Waals surface area contributed by atoms with Crippen LogP contribution < -0.4 is 10.1 Å². The highest BCUT2D eigenvalue weighted by atomic mass is 35.5. The fraction of sp³-hybridized carbons (Fsp3) is 0.300. The minimum atomic E-state index is -0.965. The maximum Gasteiger partial charge on any atom is 0.335 e. The molecule has 0 atom stereocenters. The molecule has 1 heterocycles. The lowest BCUT2D eigenvalue weighted by molar-refractivity contribution is 0.0696. The van der Waals surface area contributed by atoms with Gasteiger partial charge in [0.15, 0.2) is 0 Å². The standard InChI is InChI=1S/C20H21ClN2O4/c21-17-3-1-2-4-18(17)27-16-9-11-23(12-10-16)20(26)22-13-14-5-7-15(8-6-14)19(24)25/h1-8,16H,9-13H2,(H,22,26)(H,24,25). The Balaban J connectivity index is 1.44. The molecule has 2 aromatic rings. The van der Waals surface area contributed by atoms with Crippen LogP contribution in [0, 0.1) is 0 Å². The molecule has 142 valence electrons. The maximum atomic E-state index is 12.3. The molecule has 27 heavy (non-hydrogen) atoms. The quantitative estimate of drug-likeness (QED) is 0.816. The van der Waals surface area contributed by atoms with Gasteiger partial charge >= 0.3 is 12.0 Å². The average Bonchev–Trinajstić information content (AvgIpc) is 2.69. The molecule has 0 unspecified atom stereocenters. The van der Waals surface area contributed by atoms with Crippen LogP contribution in [0.15, 0.2) is 48.5 Å². The third-order valence-electron chi connectivity index (χ3n) is 4.50. The molecule has 7 heteroatoms. The highest BCUT2D eigenvalue weighted by molar-refractivity contribution is 6.32. The second kappa shape index (κ2) is 8.77. The lowest BCUT2D eigenvalue weighted by atomic mass is 10.1. The summed E-state index contributed by atoms with van der Waals surface area (Å²) in [4.78, 5) is 24.9. The number of amides is 2. The van der Waals surface area contributed by atoms with Gasteiger partial charge in [-0.1, -0.05) is 35.9 Å². The van der Waals surface area contributed by atoms with E-state index in [0.29, 0.717) is 30.4 Å². The number of rotatable bonds is 5. The Morgan fingerprint density at radius 2 is 1.78 bits per heavy atom. The second-order valence-electron chi connectivity index (χ2n) is 6.40. The molecule has 0 aromatic heterocycles. The van der Waals surface area contributed by atoms with Gasteiger partial charge in [-0.2, -0.15) is 0 Å². The van der Waals surface area contributed by atoms with Crippen molar-refractivity contribution in [2.75, 3.05) is 13.1 Å². The average molecular weight is 389 g/mol. The largest absolute Gasteiger partial charge is 0.489 e. The van der Waals surface area contributed by atoms with Gasteiger partial charge in [0.25, 0.3) is 0 Å². The molecule has 2 amide bonds. The molecule has 1 saturated heterocycles. The summed E-state index contributed by atoms with van der Waals surface area (Å²) in [5.74, 6) is -0.292. The van der Waals surface area contributed by atoms with Crippen molar-refractivity contribution in [2.45, 2.75) is 25.5 Å². The number of nitrogens with zero attached hydrogens (tertiary/aromatic N) is 1. The van der Waals surface area contributed by atoms with E-state index in [0.717, 1.165) is 18.4 Å². The lowest BCUT2D eigenvalue weighted by Crippen LogP contribution is -2.46. The van der Waals surface area contributed by atoms with Gasteiger partial charge in [0.05, 0.1) is 10.6 Å². The summed E-state index contributed by atoms with van der Waals surface area (Å²) in [7, 11) is 0. The summed E-state index contributed by atoms with van der Waals surface area (Å²) in [6.45, 7) is 1.58. The Bertz CT molecular complexity index is 802. The summed E-state index contributed by atoms with van der Waals surface area (Å²) >= 11 is 6.12. The molecule has 0 aliphatic carbocycles. The summed E-state index contributed by atoms with van der Waals surface area (Å²) in [5, 5.41) is 12.4. The Hall–Kier alpha value is -2.73. The number of likely N-dealkylation sites (tertiary alicyclic amines) is 1. The van der Waals surface area contributed by atoms with Crippen molar-refractivity contribution in [3.05, 3.63) is 64.7 Å². The van der Waals surface area contributed by atoms with Gasteiger partial charge in [-0.3, -0.25) is 0 Å². The van der Waals surface area contributed by atoms with Crippen molar-refractivity contribution in [3.8, 4) is 5.75 Å². The van der Waals surface area contributed by atoms with Crippen LogP contribution in [0.3, 0.4) is 0 Å². The van der Waals surface area contributed by atoms with Gasteiger partial charge in [0.1, 0.15) is 11.9 Å². The molecule has 1 aliphatic heterocycles. The monoisotopic (exact) mass is 388 g/mol. The summed E-state index contributed by atoms with van der Waals surface area (Å²) < 4.78 is 5.94. The Morgan fingerprint density at radius 1 is 1.11 bits per heavy atom. The highest BCUT2D eigenvalue weighted by Gasteiger charge is 2.24. The summed E-state index contributed by atoms with van der Waals surface area (Å²) in [6, 6.07) is 13.7.